The molecule has 0 unspecified atom stereocenters. The van der Waals surface area contributed by atoms with Crippen molar-refractivity contribution in [3.8, 4) is 0 Å². The van der Waals surface area contributed by atoms with Gasteiger partial charge in [-0.2, -0.15) is 0 Å². The average molecular weight is 285 g/mol. The summed E-state index contributed by atoms with van der Waals surface area (Å²) in [5.74, 6) is 0. The van der Waals surface area contributed by atoms with Crippen molar-refractivity contribution in [3.05, 3.63) is 71.8 Å². The van der Waals surface area contributed by atoms with Gasteiger partial charge in [0.15, 0.2) is 0 Å². The second-order valence-electron chi connectivity index (χ2n) is 5.31. The van der Waals surface area contributed by atoms with Crippen LogP contribution in [-0.4, -0.2) is 35.5 Å². The van der Waals surface area contributed by atoms with Crippen molar-refractivity contribution < 1.29 is 10.2 Å². The highest BCUT2D eigenvalue weighted by atomic mass is 16.3. The van der Waals surface area contributed by atoms with E-state index in [1.54, 1.807) is 0 Å². The van der Waals surface area contributed by atoms with Gasteiger partial charge >= 0.3 is 0 Å². The van der Waals surface area contributed by atoms with Gasteiger partial charge in [-0.25, -0.2) is 0 Å². The molecule has 0 aliphatic heterocycles. The predicted octanol–water partition coefficient (Wildman–Crippen LogP) is 1.78. The molecule has 2 aromatic rings. The Morgan fingerprint density at radius 1 is 0.667 bits per heavy atom. The maximum absolute atomic E-state index is 9.55. The summed E-state index contributed by atoms with van der Waals surface area (Å²) >= 11 is 0. The molecule has 0 spiro atoms. The normalized spacial score (nSPS) is 13.8. The molecule has 0 amide bonds. The van der Waals surface area contributed by atoms with Crippen LogP contribution in [0.2, 0.25) is 0 Å². The first-order valence-electron chi connectivity index (χ1n) is 7.37. The van der Waals surface area contributed by atoms with Gasteiger partial charge in [-0.05, 0) is 24.0 Å². The second kappa shape index (κ2) is 8.57. The Hall–Kier alpha value is -1.68. The van der Waals surface area contributed by atoms with Crippen molar-refractivity contribution in [2.45, 2.75) is 24.9 Å². The minimum absolute atomic E-state index is 0.0479. The van der Waals surface area contributed by atoms with Gasteiger partial charge in [-0.15, -0.1) is 0 Å². The van der Waals surface area contributed by atoms with Crippen LogP contribution < -0.4 is 5.32 Å². The van der Waals surface area contributed by atoms with Crippen molar-refractivity contribution in [2.75, 3.05) is 13.2 Å². The first-order chi connectivity index (χ1) is 10.3. The molecule has 0 aromatic heterocycles. The van der Waals surface area contributed by atoms with Gasteiger partial charge in [-0.1, -0.05) is 60.7 Å². The quantitative estimate of drug-likeness (QED) is 0.693. The lowest BCUT2D eigenvalue weighted by atomic mass is 10.0. The number of rotatable bonds is 8. The zero-order valence-corrected chi connectivity index (χ0v) is 12.2. The number of nitrogens with one attached hydrogen (secondary N) is 1. The summed E-state index contributed by atoms with van der Waals surface area (Å²) in [6, 6.07) is 20.1. The molecule has 3 N–H and O–H groups in total. The first kappa shape index (κ1) is 15.7. The molecule has 0 saturated heterocycles. The molecule has 0 saturated carbocycles. The van der Waals surface area contributed by atoms with Crippen LogP contribution in [0.4, 0.5) is 0 Å². The van der Waals surface area contributed by atoms with Gasteiger partial charge in [0.25, 0.3) is 0 Å². The zero-order chi connectivity index (χ0) is 14.9. The van der Waals surface area contributed by atoms with Crippen LogP contribution in [0.1, 0.15) is 11.1 Å². The topological polar surface area (TPSA) is 52.5 Å². The minimum Gasteiger partial charge on any atom is -0.395 e. The number of hydrogen-bond acceptors (Lipinski definition) is 3. The van der Waals surface area contributed by atoms with Gasteiger partial charge in [0, 0.05) is 12.1 Å². The van der Waals surface area contributed by atoms with Crippen LogP contribution in [0, 0.1) is 0 Å². The molecule has 0 aliphatic carbocycles. The maximum atomic E-state index is 9.55. The molecule has 2 rings (SSSR count). The smallest absolute Gasteiger partial charge is 0.0587 e. The molecule has 0 fully saturated rings. The molecular weight excluding hydrogens is 262 g/mol. The average Bonchev–Trinajstić information content (AvgIpc) is 2.55. The predicted molar refractivity (Wildman–Crippen MR) is 85.2 cm³/mol. The Labute approximate surface area is 126 Å². The Kier molecular flexibility index (Phi) is 6.41. The molecule has 0 radical (unpaired) electrons. The summed E-state index contributed by atoms with van der Waals surface area (Å²) < 4.78 is 0. The highest BCUT2D eigenvalue weighted by molar-refractivity contribution is 5.17. The molecule has 3 nitrogen and oxygen atoms in total. The SMILES string of the molecule is OC[C@@H](Cc1ccccc1)N[C@@H](CO)Cc1ccccc1. The lowest BCUT2D eigenvalue weighted by molar-refractivity contribution is 0.192. The van der Waals surface area contributed by atoms with Crippen molar-refractivity contribution in [3.63, 3.8) is 0 Å². The molecule has 2 atom stereocenters. The molecule has 0 heterocycles. The van der Waals surface area contributed by atoms with E-state index < -0.39 is 0 Å². The Morgan fingerprint density at radius 2 is 1.05 bits per heavy atom. The molecular formula is C18H23NO2. The van der Waals surface area contributed by atoms with Crippen molar-refractivity contribution >= 4 is 0 Å². The molecule has 3 heteroatoms. The van der Waals surface area contributed by atoms with Gasteiger partial charge in [-0.3, -0.25) is 0 Å². The van der Waals surface area contributed by atoms with E-state index in [4.69, 9.17) is 0 Å². The summed E-state index contributed by atoms with van der Waals surface area (Å²) in [7, 11) is 0. The van der Waals surface area contributed by atoms with Crippen LogP contribution in [0.5, 0.6) is 0 Å². The van der Waals surface area contributed by atoms with Crippen LogP contribution in [0.25, 0.3) is 0 Å². The number of hydrogen-bond donors (Lipinski definition) is 3. The summed E-state index contributed by atoms with van der Waals surface area (Å²) in [4.78, 5) is 0. The Bertz CT molecular complexity index is 454. The summed E-state index contributed by atoms with van der Waals surface area (Å²) in [6.07, 6.45) is 1.51. The van der Waals surface area contributed by atoms with Gasteiger partial charge < -0.3 is 15.5 Å². The molecule has 2 aromatic carbocycles. The molecule has 0 aliphatic rings. The monoisotopic (exact) mass is 285 g/mol. The summed E-state index contributed by atoms with van der Waals surface area (Å²) in [5.41, 5.74) is 2.36. The van der Waals surface area contributed by atoms with E-state index >= 15 is 0 Å². The van der Waals surface area contributed by atoms with E-state index in [0.717, 1.165) is 12.8 Å². The third kappa shape index (κ3) is 5.31. The number of benzene rings is 2. The fourth-order valence-corrected chi connectivity index (χ4v) is 2.48. The summed E-state index contributed by atoms with van der Waals surface area (Å²) in [6.45, 7) is 0.111. The lowest BCUT2D eigenvalue weighted by Crippen LogP contribution is -2.45. The standard InChI is InChI=1S/C18H23NO2/c20-13-17(11-15-7-3-1-4-8-15)19-18(14-21)12-16-9-5-2-6-10-16/h1-10,17-21H,11-14H2/t17-,18-/m1/s1. The molecule has 0 bridgehead atoms. The fourth-order valence-electron chi connectivity index (χ4n) is 2.48. The minimum atomic E-state index is -0.0479. The van der Waals surface area contributed by atoms with Crippen molar-refractivity contribution in [1.82, 2.24) is 5.32 Å². The largest absolute Gasteiger partial charge is 0.395 e. The van der Waals surface area contributed by atoms with E-state index in [0.29, 0.717) is 0 Å². The first-order valence-corrected chi connectivity index (χ1v) is 7.37. The Balaban J connectivity index is 1.92. The van der Waals surface area contributed by atoms with Gasteiger partial charge in [0.2, 0.25) is 0 Å². The second-order valence-corrected chi connectivity index (χ2v) is 5.31. The third-order valence-electron chi connectivity index (χ3n) is 3.56. The number of aliphatic hydroxyl groups excluding tert-OH is 2. The summed E-state index contributed by atoms with van der Waals surface area (Å²) in [5, 5.41) is 22.5. The van der Waals surface area contributed by atoms with Crippen molar-refractivity contribution in [1.29, 1.82) is 0 Å². The molecule has 21 heavy (non-hydrogen) atoms. The van der Waals surface area contributed by atoms with Crippen LogP contribution >= 0.6 is 0 Å². The zero-order valence-electron chi connectivity index (χ0n) is 12.2. The molecule has 112 valence electrons. The van der Waals surface area contributed by atoms with Crippen LogP contribution in [0.15, 0.2) is 60.7 Å². The fraction of sp³-hybridized carbons (Fsp3) is 0.333. The highest BCUT2D eigenvalue weighted by Gasteiger charge is 2.15. The highest BCUT2D eigenvalue weighted by Crippen LogP contribution is 2.07. The third-order valence-corrected chi connectivity index (χ3v) is 3.56. The van der Waals surface area contributed by atoms with Gasteiger partial charge in [0.1, 0.15) is 0 Å². The van der Waals surface area contributed by atoms with E-state index in [1.165, 1.54) is 11.1 Å². The van der Waals surface area contributed by atoms with E-state index in [-0.39, 0.29) is 25.3 Å². The van der Waals surface area contributed by atoms with E-state index in [9.17, 15) is 10.2 Å². The maximum Gasteiger partial charge on any atom is 0.0587 e. The van der Waals surface area contributed by atoms with Crippen LogP contribution in [0.3, 0.4) is 0 Å². The van der Waals surface area contributed by atoms with E-state index in [1.807, 2.05) is 36.4 Å². The van der Waals surface area contributed by atoms with E-state index in [2.05, 4.69) is 29.6 Å². The van der Waals surface area contributed by atoms with Crippen LogP contribution in [-0.2, 0) is 12.8 Å². The van der Waals surface area contributed by atoms with Crippen molar-refractivity contribution in [2.24, 2.45) is 0 Å². The number of aliphatic hydroxyl groups is 2. The lowest BCUT2D eigenvalue weighted by Gasteiger charge is -2.23. The van der Waals surface area contributed by atoms with Gasteiger partial charge in [0.05, 0.1) is 13.2 Å². The Morgan fingerprint density at radius 3 is 1.38 bits per heavy atom.